The van der Waals surface area contributed by atoms with Crippen molar-refractivity contribution in [2.45, 2.75) is 20.8 Å². The van der Waals surface area contributed by atoms with Gasteiger partial charge in [-0.2, -0.15) is 0 Å². The molecule has 0 heterocycles. The first-order valence-corrected chi connectivity index (χ1v) is 6.55. The van der Waals surface area contributed by atoms with Crippen LogP contribution < -0.4 is 0 Å². The summed E-state index contributed by atoms with van der Waals surface area (Å²) in [6, 6.07) is 0. The molecule has 0 N–H and O–H groups in total. The second-order valence-corrected chi connectivity index (χ2v) is 4.93. The second kappa shape index (κ2) is 7.51. The lowest BCUT2D eigenvalue weighted by Gasteiger charge is -2.14. The predicted molar refractivity (Wildman–Crippen MR) is 52.0 cm³/mol. The fraction of sp³-hybridized carbons (Fsp3) is 0.750. The van der Waals surface area contributed by atoms with Crippen molar-refractivity contribution >= 4 is 21.0 Å². The number of rotatable bonds is 6. The van der Waals surface area contributed by atoms with E-state index in [1.165, 1.54) is 13.8 Å². The third-order valence-electron chi connectivity index (χ3n) is 1.35. The Balaban J connectivity index is 3.76. The van der Waals surface area contributed by atoms with Crippen LogP contribution in [0.3, 0.4) is 0 Å². The number of carbonyl (C=O) groups is 2. The van der Waals surface area contributed by atoms with Crippen molar-refractivity contribution in [3.8, 4) is 0 Å². The van der Waals surface area contributed by atoms with Gasteiger partial charge in [-0.15, -0.1) is 0 Å². The third kappa shape index (κ3) is 7.75. The molecule has 0 saturated carbocycles. The zero-order valence-electron chi connectivity index (χ0n) is 8.74. The van der Waals surface area contributed by atoms with Gasteiger partial charge >= 0.3 is 11.9 Å². The summed E-state index contributed by atoms with van der Waals surface area (Å²) in [5.74, 6) is -0.685. The number of carbonyl (C=O) groups excluding carboxylic acids is 2. The number of ether oxygens (including phenoxy) is 2. The fourth-order valence-electron chi connectivity index (χ4n) is 0.801. The van der Waals surface area contributed by atoms with Crippen molar-refractivity contribution < 1.29 is 23.5 Å². The maximum atomic E-state index is 10.5. The molecule has 0 bridgehead atoms. The highest BCUT2D eigenvalue weighted by Crippen LogP contribution is 1.91. The van der Waals surface area contributed by atoms with Gasteiger partial charge in [-0.3, -0.25) is 9.59 Å². The van der Waals surface area contributed by atoms with E-state index >= 15 is 0 Å². The van der Waals surface area contributed by atoms with Gasteiger partial charge in [0.15, 0.2) is 0 Å². The van der Waals surface area contributed by atoms with Crippen molar-refractivity contribution in [1.82, 2.24) is 0 Å². The summed E-state index contributed by atoms with van der Waals surface area (Å²) in [7, 11) is -1.73. The third-order valence-corrected chi connectivity index (χ3v) is 3.23. The summed E-state index contributed by atoms with van der Waals surface area (Å²) in [6.45, 7) is 5.06. The zero-order chi connectivity index (χ0) is 11.0. The van der Waals surface area contributed by atoms with Crippen LogP contribution in [-0.4, -0.2) is 40.0 Å². The first-order valence-electron chi connectivity index (χ1n) is 4.44. The molecule has 0 aromatic heterocycles. The molecule has 0 atom stereocenters. The number of esters is 2. The first kappa shape index (κ1) is 13.1. The summed E-state index contributed by atoms with van der Waals surface area (Å²) in [5.41, 5.74) is 0. The standard InChI is InChI=1S/C8H16O5Si/c1-4-13-14(5-11-7(2)9)6-12-8(3)10/h14H,4-6H2,1-3H3. The van der Waals surface area contributed by atoms with Crippen LogP contribution in [0.15, 0.2) is 0 Å². The summed E-state index contributed by atoms with van der Waals surface area (Å²) in [5, 5.41) is 0. The highest BCUT2D eigenvalue weighted by molar-refractivity contribution is 6.51. The van der Waals surface area contributed by atoms with Gasteiger partial charge in [0, 0.05) is 20.5 Å². The lowest BCUT2D eigenvalue weighted by Crippen LogP contribution is -2.33. The summed E-state index contributed by atoms with van der Waals surface area (Å²) >= 11 is 0. The maximum Gasteiger partial charge on any atom is 0.302 e. The molecule has 5 nitrogen and oxygen atoms in total. The molecule has 0 aliphatic rings. The molecule has 0 spiro atoms. The molecular formula is C8H16O5Si. The smallest absolute Gasteiger partial charge is 0.302 e. The van der Waals surface area contributed by atoms with E-state index < -0.39 is 9.04 Å². The molecule has 82 valence electrons. The molecule has 0 amide bonds. The Labute approximate surface area is 85.1 Å². The summed E-state index contributed by atoms with van der Waals surface area (Å²) < 4.78 is 14.9. The molecule has 0 unspecified atom stereocenters. The Bertz CT molecular complexity index is 176. The van der Waals surface area contributed by atoms with E-state index in [1.807, 2.05) is 6.92 Å². The number of hydrogen-bond acceptors (Lipinski definition) is 5. The van der Waals surface area contributed by atoms with E-state index in [4.69, 9.17) is 13.9 Å². The monoisotopic (exact) mass is 220 g/mol. The van der Waals surface area contributed by atoms with Gasteiger partial charge in [0.25, 0.3) is 9.04 Å². The van der Waals surface area contributed by atoms with Crippen LogP contribution >= 0.6 is 0 Å². The molecule has 0 radical (unpaired) electrons. The normalized spacial score (nSPS) is 10.0. The lowest BCUT2D eigenvalue weighted by molar-refractivity contribution is -0.139. The van der Waals surface area contributed by atoms with Crippen LogP contribution in [0.1, 0.15) is 20.8 Å². The van der Waals surface area contributed by atoms with E-state index in [9.17, 15) is 9.59 Å². The Kier molecular flexibility index (Phi) is 7.04. The molecule has 0 aromatic carbocycles. The van der Waals surface area contributed by atoms with Gasteiger partial charge in [-0.05, 0) is 6.92 Å². The Morgan fingerprint density at radius 3 is 1.79 bits per heavy atom. The molecule has 0 fully saturated rings. The van der Waals surface area contributed by atoms with Gasteiger partial charge in [0.2, 0.25) is 0 Å². The quantitative estimate of drug-likeness (QED) is 0.464. The van der Waals surface area contributed by atoms with E-state index in [1.54, 1.807) is 0 Å². The Morgan fingerprint density at radius 2 is 1.50 bits per heavy atom. The van der Waals surface area contributed by atoms with Crippen LogP contribution in [0.25, 0.3) is 0 Å². The van der Waals surface area contributed by atoms with Crippen LogP contribution in [-0.2, 0) is 23.5 Å². The van der Waals surface area contributed by atoms with Crippen molar-refractivity contribution in [3.05, 3.63) is 0 Å². The van der Waals surface area contributed by atoms with Gasteiger partial charge < -0.3 is 13.9 Å². The van der Waals surface area contributed by atoms with Crippen LogP contribution in [0, 0.1) is 0 Å². The van der Waals surface area contributed by atoms with Crippen molar-refractivity contribution in [2.75, 3.05) is 19.1 Å². The topological polar surface area (TPSA) is 61.8 Å². The average Bonchev–Trinajstić information content (AvgIpc) is 2.09. The highest BCUT2D eigenvalue weighted by Gasteiger charge is 2.15. The van der Waals surface area contributed by atoms with Crippen LogP contribution in [0.2, 0.25) is 0 Å². The second-order valence-electron chi connectivity index (χ2n) is 2.68. The highest BCUT2D eigenvalue weighted by atomic mass is 28.3. The minimum absolute atomic E-state index is 0.246. The van der Waals surface area contributed by atoms with Crippen molar-refractivity contribution in [2.24, 2.45) is 0 Å². The molecular weight excluding hydrogens is 204 g/mol. The average molecular weight is 220 g/mol. The minimum Gasteiger partial charge on any atom is -0.467 e. The largest absolute Gasteiger partial charge is 0.467 e. The van der Waals surface area contributed by atoms with Gasteiger partial charge in [0.1, 0.15) is 12.5 Å². The van der Waals surface area contributed by atoms with E-state index in [-0.39, 0.29) is 24.4 Å². The fourth-order valence-corrected chi connectivity index (χ4v) is 2.40. The predicted octanol–water partition coefficient (Wildman–Crippen LogP) is -0.0487. The Morgan fingerprint density at radius 1 is 1.07 bits per heavy atom. The van der Waals surface area contributed by atoms with Gasteiger partial charge in [0.05, 0.1) is 0 Å². The van der Waals surface area contributed by atoms with E-state index in [0.29, 0.717) is 6.61 Å². The van der Waals surface area contributed by atoms with Crippen molar-refractivity contribution in [3.63, 3.8) is 0 Å². The van der Waals surface area contributed by atoms with E-state index in [2.05, 4.69) is 0 Å². The molecule has 0 aliphatic carbocycles. The lowest BCUT2D eigenvalue weighted by atomic mass is 10.8. The summed E-state index contributed by atoms with van der Waals surface area (Å²) in [6.07, 6.45) is 0.493. The molecule has 14 heavy (non-hydrogen) atoms. The first-order chi connectivity index (χ1) is 6.56. The van der Waals surface area contributed by atoms with Crippen LogP contribution in [0.5, 0.6) is 0 Å². The molecule has 0 rings (SSSR count). The molecule has 0 saturated heterocycles. The molecule has 0 aliphatic heterocycles. The molecule has 6 heteroatoms. The zero-order valence-corrected chi connectivity index (χ0v) is 9.89. The van der Waals surface area contributed by atoms with Gasteiger partial charge in [-0.1, -0.05) is 0 Å². The van der Waals surface area contributed by atoms with Crippen molar-refractivity contribution in [1.29, 1.82) is 0 Å². The van der Waals surface area contributed by atoms with Crippen LogP contribution in [0.4, 0.5) is 0 Å². The number of hydrogen-bond donors (Lipinski definition) is 0. The SMILES string of the molecule is CCO[SiH](COC(C)=O)COC(C)=O. The minimum atomic E-state index is -1.73. The summed E-state index contributed by atoms with van der Waals surface area (Å²) in [4.78, 5) is 21.1. The van der Waals surface area contributed by atoms with E-state index in [0.717, 1.165) is 0 Å². The maximum absolute atomic E-state index is 10.5. The molecule has 0 aromatic rings. The Hall–Kier alpha value is -0.883. The van der Waals surface area contributed by atoms with Gasteiger partial charge in [-0.25, -0.2) is 0 Å².